The third-order valence-corrected chi connectivity index (χ3v) is 7.20. The van der Waals surface area contributed by atoms with Crippen LogP contribution in [0.15, 0.2) is 77.8 Å². The minimum absolute atomic E-state index is 0.00740. The van der Waals surface area contributed by atoms with Crippen molar-refractivity contribution in [3.05, 3.63) is 101 Å². The highest BCUT2D eigenvalue weighted by atomic mass is 32.2. The molecule has 1 fully saturated rings. The second-order valence-corrected chi connectivity index (χ2v) is 9.76. The lowest BCUT2D eigenvalue weighted by atomic mass is 10.1. The van der Waals surface area contributed by atoms with Crippen LogP contribution in [0, 0.1) is 18.6 Å². The lowest BCUT2D eigenvalue weighted by Crippen LogP contribution is -2.48. The average molecular weight is 505 g/mol. The van der Waals surface area contributed by atoms with Crippen molar-refractivity contribution in [3.63, 3.8) is 0 Å². The number of halogens is 2. The zero-order valence-corrected chi connectivity index (χ0v) is 20.7. The van der Waals surface area contributed by atoms with Gasteiger partial charge in [-0.3, -0.25) is 14.7 Å². The average Bonchev–Trinajstić information content (AvgIpc) is 2.87. The summed E-state index contributed by atoms with van der Waals surface area (Å²) in [6, 6.07) is 19.3. The first kappa shape index (κ1) is 24.2. The zero-order chi connectivity index (χ0) is 25.1. The van der Waals surface area contributed by atoms with Gasteiger partial charge in [0.2, 0.25) is 0 Å². The maximum atomic E-state index is 13.5. The largest absolute Gasteiger partial charge is 0.336 e. The van der Waals surface area contributed by atoms with E-state index in [0.29, 0.717) is 43.9 Å². The monoisotopic (exact) mass is 504 g/mol. The Hall–Kier alpha value is -3.49. The molecule has 0 spiro atoms. The van der Waals surface area contributed by atoms with Crippen LogP contribution in [-0.4, -0.2) is 46.9 Å². The van der Waals surface area contributed by atoms with E-state index in [1.54, 1.807) is 6.20 Å². The summed E-state index contributed by atoms with van der Waals surface area (Å²) >= 11 is 1.50. The molecule has 0 saturated carbocycles. The van der Waals surface area contributed by atoms with E-state index in [-0.39, 0.29) is 5.91 Å². The molecule has 1 aromatic heterocycles. The van der Waals surface area contributed by atoms with Crippen molar-refractivity contribution < 1.29 is 13.6 Å². The summed E-state index contributed by atoms with van der Waals surface area (Å²) in [6.45, 7) is 4.88. The van der Waals surface area contributed by atoms with E-state index in [2.05, 4.69) is 14.6 Å². The molecule has 1 aliphatic rings. The van der Waals surface area contributed by atoms with E-state index in [1.165, 1.54) is 24.1 Å². The molecule has 4 aromatic rings. The van der Waals surface area contributed by atoms with Crippen molar-refractivity contribution in [2.24, 2.45) is 0 Å². The van der Waals surface area contributed by atoms with Gasteiger partial charge in [-0.1, -0.05) is 18.2 Å². The third kappa shape index (κ3) is 5.50. The lowest BCUT2D eigenvalue weighted by Gasteiger charge is -2.35. The number of pyridine rings is 1. The Morgan fingerprint density at radius 1 is 0.972 bits per heavy atom. The van der Waals surface area contributed by atoms with Gasteiger partial charge in [0.15, 0.2) is 0 Å². The number of para-hydroxylation sites is 1. The predicted molar refractivity (Wildman–Crippen MR) is 140 cm³/mol. The molecule has 1 N–H and O–H groups in total. The van der Waals surface area contributed by atoms with E-state index >= 15 is 0 Å². The molecule has 0 unspecified atom stereocenters. The van der Waals surface area contributed by atoms with E-state index in [9.17, 15) is 13.6 Å². The number of aryl methyl sites for hydroxylation is 1. The summed E-state index contributed by atoms with van der Waals surface area (Å²) in [5.74, 6) is -1.15. The molecule has 0 bridgehead atoms. The normalized spacial score (nSPS) is 14.2. The SMILES string of the molecule is Cc1cc(C(=O)N2CCN(Cc3cc(F)cc(F)c3)CC2)ccc1NSc1cccc2cccnc12. The molecular formula is C28H26F2N4OS. The number of nitrogens with zero attached hydrogens (tertiary/aromatic N) is 3. The van der Waals surface area contributed by atoms with Gasteiger partial charge in [0.25, 0.3) is 5.91 Å². The molecule has 1 saturated heterocycles. The summed E-state index contributed by atoms with van der Waals surface area (Å²) < 4.78 is 30.3. The number of piperazine rings is 1. The highest BCUT2D eigenvalue weighted by Crippen LogP contribution is 2.29. The first-order chi connectivity index (χ1) is 17.5. The van der Waals surface area contributed by atoms with Crippen molar-refractivity contribution in [1.29, 1.82) is 0 Å². The number of nitrogens with one attached hydrogen (secondary N) is 1. The molecule has 5 nitrogen and oxygen atoms in total. The van der Waals surface area contributed by atoms with Crippen molar-refractivity contribution in [2.75, 3.05) is 30.9 Å². The minimum atomic E-state index is -0.570. The Labute approximate surface area is 213 Å². The molecule has 5 rings (SSSR count). The molecular weight excluding hydrogens is 478 g/mol. The fourth-order valence-electron chi connectivity index (χ4n) is 4.43. The highest BCUT2D eigenvalue weighted by Gasteiger charge is 2.23. The number of carbonyl (C=O) groups is 1. The topological polar surface area (TPSA) is 48.5 Å². The van der Waals surface area contributed by atoms with Crippen LogP contribution < -0.4 is 4.72 Å². The molecule has 36 heavy (non-hydrogen) atoms. The van der Waals surface area contributed by atoms with E-state index < -0.39 is 11.6 Å². The second kappa shape index (κ2) is 10.6. The molecule has 1 aliphatic heterocycles. The third-order valence-electron chi connectivity index (χ3n) is 6.33. The Morgan fingerprint density at radius 2 is 1.72 bits per heavy atom. The number of carbonyl (C=O) groups excluding carboxylic acids is 1. The molecule has 3 aromatic carbocycles. The number of aromatic nitrogens is 1. The molecule has 184 valence electrons. The fraction of sp³-hybridized carbons (Fsp3) is 0.214. The molecule has 0 aliphatic carbocycles. The first-order valence-electron chi connectivity index (χ1n) is 11.8. The van der Waals surface area contributed by atoms with Gasteiger partial charge >= 0.3 is 0 Å². The van der Waals surface area contributed by atoms with Gasteiger partial charge in [-0.05, 0) is 72.5 Å². The van der Waals surface area contributed by atoms with Crippen LogP contribution in [0.5, 0.6) is 0 Å². The summed E-state index contributed by atoms with van der Waals surface area (Å²) in [7, 11) is 0. The smallest absolute Gasteiger partial charge is 0.253 e. The predicted octanol–water partition coefficient (Wildman–Crippen LogP) is 5.90. The van der Waals surface area contributed by atoms with Crippen LogP contribution >= 0.6 is 11.9 Å². The van der Waals surface area contributed by atoms with Gasteiger partial charge in [-0.15, -0.1) is 0 Å². The molecule has 8 heteroatoms. The maximum Gasteiger partial charge on any atom is 0.253 e. The van der Waals surface area contributed by atoms with E-state index in [1.807, 2.05) is 60.4 Å². The number of hydrogen-bond acceptors (Lipinski definition) is 5. The molecule has 0 radical (unpaired) electrons. The number of fused-ring (bicyclic) bond motifs is 1. The zero-order valence-electron chi connectivity index (χ0n) is 19.9. The number of amides is 1. The van der Waals surface area contributed by atoms with Crippen LogP contribution in [-0.2, 0) is 6.54 Å². The quantitative estimate of drug-likeness (QED) is 0.332. The van der Waals surface area contributed by atoms with Crippen LogP contribution in [0.2, 0.25) is 0 Å². The number of rotatable bonds is 6. The van der Waals surface area contributed by atoms with Crippen molar-refractivity contribution in [1.82, 2.24) is 14.8 Å². The summed E-state index contributed by atoms with van der Waals surface area (Å²) in [6.07, 6.45) is 1.79. The number of hydrogen-bond donors (Lipinski definition) is 1. The molecule has 1 amide bonds. The lowest BCUT2D eigenvalue weighted by molar-refractivity contribution is 0.0628. The van der Waals surface area contributed by atoms with Crippen molar-refractivity contribution in [3.8, 4) is 0 Å². The first-order valence-corrected chi connectivity index (χ1v) is 12.6. The van der Waals surface area contributed by atoms with Crippen molar-refractivity contribution in [2.45, 2.75) is 18.4 Å². The minimum Gasteiger partial charge on any atom is -0.336 e. The Kier molecular flexibility index (Phi) is 7.16. The van der Waals surface area contributed by atoms with Gasteiger partial charge in [0.05, 0.1) is 10.4 Å². The summed E-state index contributed by atoms with van der Waals surface area (Å²) in [4.78, 5) is 22.6. The van der Waals surface area contributed by atoms with Crippen LogP contribution in [0.3, 0.4) is 0 Å². The highest BCUT2D eigenvalue weighted by molar-refractivity contribution is 8.00. The van der Waals surface area contributed by atoms with Crippen molar-refractivity contribution >= 4 is 34.4 Å². The number of benzene rings is 3. The van der Waals surface area contributed by atoms with Gasteiger partial charge in [0.1, 0.15) is 11.6 Å². The fourth-order valence-corrected chi connectivity index (χ4v) is 5.29. The van der Waals surface area contributed by atoms with Gasteiger partial charge in [-0.2, -0.15) is 0 Å². The maximum absolute atomic E-state index is 13.5. The number of anilines is 1. The Bertz CT molecular complexity index is 1380. The second-order valence-electron chi connectivity index (χ2n) is 8.91. The standard InChI is InChI=1S/C28H26F2N4OS/c1-19-14-22(7-8-25(19)32-36-26-6-2-4-21-5-3-9-31-27(21)26)28(35)34-12-10-33(11-13-34)18-20-15-23(29)17-24(30)16-20/h2-9,14-17,32H,10-13,18H2,1H3. The summed E-state index contributed by atoms with van der Waals surface area (Å²) in [5, 5.41) is 1.09. The van der Waals surface area contributed by atoms with Crippen LogP contribution in [0.1, 0.15) is 21.5 Å². The van der Waals surface area contributed by atoms with Gasteiger partial charge in [-0.25, -0.2) is 8.78 Å². The Morgan fingerprint density at radius 3 is 2.47 bits per heavy atom. The Balaban J connectivity index is 1.18. The van der Waals surface area contributed by atoms with Crippen LogP contribution in [0.25, 0.3) is 10.9 Å². The molecule has 0 atom stereocenters. The molecule has 2 heterocycles. The van der Waals surface area contributed by atoms with Gasteiger partial charge < -0.3 is 9.62 Å². The van der Waals surface area contributed by atoms with Crippen LogP contribution in [0.4, 0.5) is 14.5 Å². The van der Waals surface area contributed by atoms with E-state index in [4.69, 9.17) is 0 Å². The van der Waals surface area contributed by atoms with Gasteiger partial charge in [0, 0.05) is 61.6 Å². The summed E-state index contributed by atoms with van der Waals surface area (Å²) in [5.41, 5.74) is 4.12. The van der Waals surface area contributed by atoms with E-state index in [0.717, 1.165) is 33.1 Å².